The summed E-state index contributed by atoms with van der Waals surface area (Å²) in [5.41, 5.74) is 5.32. The number of ether oxygens (including phenoxy) is 1. The second-order valence-corrected chi connectivity index (χ2v) is 4.37. The number of amides is 1. The average Bonchev–Trinajstić information content (AvgIpc) is 2.37. The summed E-state index contributed by atoms with van der Waals surface area (Å²) in [6, 6.07) is -0.276. The summed E-state index contributed by atoms with van der Waals surface area (Å²) in [7, 11) is 0. The highest BCUT2D eigenvalue weighted by Crippen LogP contribution is 2.17. The van der Waals surface area contributed by atoms with Crippen molar-refractivity contribution in [2.75, 3.05) is 32.8 Å². The van der Waals surface area contributed by atoms with E-state index in [2.05, 4.69) is 5.32 Å². The van der Waals surface area contributed by atoms with Gasteiger partial charge >= 0.3 is 5.97 Å². The van der Waals surface area contributed by atoms with Crippen LogP contribution in [0, 0.1) is 0 Å². The maximum atomic E-state index is 11.8. The topological polar surface area (TPSA) is 84.7 Å². The third-order valence-electron chi connectivity index (χ3n) is 2.99. The second-order valence-electron chi connectivity index (χ2n) is 4.37. The quantitative estimate of drug-likeness (QED) is 0.625. The zero-order valence-corrected chi connectivity index (χ0v) is 11.0. The molecule has 0 aliphatic carbocycles. The molecule has 6 heteroatoms. The predicted octanol–water partition coefficient (Wildman–Crippen LogP) is -0.521. The van der Waals surface area contributed by atoms with Crippen molar-refractivity contribution in [3.8, 4) is 0 Å². The van der Waals surface area contributed by atoms with Crippen molar-refractivity contribution in [1.82, 2.24) is 10.2 Å². The number of carbonyl (C=O) groups is 2. The van der Waals surface area contributed by atoms with E-state index in [1.165, 1.54) is 0 Å². The zero-order valence-electron chi connectivity index (χ0n) is 11.0. The highest BCUT2D eigenvalue weighted by molar-refractivity contribution is 5.80. The summed E-state index contributed by atoms with van der Waals surface area (Å²) in [6.07, 6.45) is 2.79. The summed E-state index contributed by atoms with van der Waals surface area (Å²) < 4.78 is 5.04. The lowest BCUT2D eigenvalue weighted by atomic mass is 10.0. The summed E-state index contributed by atoms with van der Waals surface area (Å²) in [4.78, 5) is 25.3. The fraction of sp³-hybridized carbons (Fsp3) is 0.833. The number of piperidine rings is 1. The Morgan fingerprint density at radius 3 is 2.89 bits per heavy atom. The molecule has 0 aromatic rings. The molecule has 0 radical (unpaired) electrons. The van der Waals surface area contributed by atoms with Crippen molar-refractivity contribution in [2.24, 2.45) is 5.73 Å². The number of carbonyl (C=O) groups excluding carboxylic acids is 2. The highest BCUT2D eigenvalue weighted by Gasteiger charge is 2.30. The van der Waals surface area contributed by atoms with Crippen LogP contribution in [-0.2, 0) is 14.3 Å². The van der Waals surface area contributed by atoms with E-state index < -0.39 is 0 Å². The molecule has 1 aliphatic heterocycles. The summed E-state index contributed by atoms with van der Waals surface area (Å²) in [5, 5.41) is 2.71. The first-order valence-electron chi connectivity index (χ1n) is 6.56. The molecule has 104 valence electrons. The van der Waals surface area contributed by atoms with E-state index >= 15 is 0 Å². The van der Waals surface area contributed by atoms with Gasteiger partial charge < -0.3 is 15.8 Å². The van der Waals surface area contributed by atoms with Gasteiger partial charge in [0, 0.05) is 13.1 Å². The summed E-state index contributed by atoms with van der Waals surface area (Å²) in [5.74, 6) is -0.305. The van der Waals surface area contributed by atoms with Crippen LogP contribution in [0.2, 0.25) is 0 Å². The number of hydrogen-bond donors (Lipinski definition) is 2. The Labute approximate surface area is 108 Å². The average molecular weight is 257 g/mol. The number of esters is 1. The normalized spacial score (nSPS) is 20.4. The Bertz CT molecular complexity index is 284. The first-order valence-corrected chi connectivity index (χ1v) is 6.56. The van der Waals surface area contributed by atoms with Crippen LogP contribution in [0.3, 0.4) is 0 Å². The number of rotatable bonds is 6. The number of hydrogen-bond acceptors (Lipinski definition) is 5. The number of nitrogens with two attached hydrogens (primary N) is 1. The third kappa shape index (κ3) is 4.62. The summed E-state index contributed by atoms with van der Waals surface area (Å²) >= 11 is 0. The molecule has 1 unspecified atom stereocenters. The van der Waals surface area contributed by atoms with E-state index in [4.69, 9.17) is 10.5 Å². The Kier molecular flexibility index (Phi) is 6.67. The molecule has 0 aromatic carbocycles. The van der Waals surface area contributed by atoms with Gasteiger partial charge in [-0.05, 0) is 26.3 Å². The van der Waals surface area contributed by atoms with Crippen LogP contribution in [0.15, 0.2) is 0 Å². The minimum Gasteiger partial charge on any atom is -0.465 e. The molecule has 0 bridgehead atoms. The van der Waals surface area contributed by atoms with Crippen molar-refractivity contribution < 1.29 is 14.3 Å². The molecule has 18 heavy (non-hydrogen) atoms. The molecular formula is C12H23N3O3. The Balaban J connectivity index is 2.48. The standard InChI is InChI=1S/C12H23N3O3/c1-2-18-12(17)10-5-3-4-8-15(10)9-11(16)14-7-6-13/h10H,2-9,13H2,1H3,(H,14,16). The molecule has 1 heterocycles. The van der Waals surface area contributed by atoms with Gasteiger partial charge in [0.05, 0.1) is 13.2 Å². The molecule has 1 saturated heterocycles. The number of nitrogens with zero attached hydrogens (tertiary/aromatic N) is 1. The van der Waals surface area contributed by atoms with Crippen LogP contribution in [0.4, 0.5) is 0 Å². The Morgan fingerprint density at radius 2 is 2.22 bits per heavy atom. The Hall–Kier alpha value is -1.14. The smallest absolute Gasteiger partial charge is 0.323 e. The van der Waals surface area contributed by atoms with Gasteiger partial charge in [0.2, 0.25) is 5.91 Å². The second kappa shape index (κ2) is 8.05. The van der Waals surface area contributed by atoms with Crippen molar-refractivity contribution >= 4 is 11.9 Å². The van der Waals surface area contributed by atoms with Crippen LogP contribution >= 0.6 is 0 Å². The van der Waals surface area contributed by atoms with Crippen molar-refractivity contribution in [1.29, 1.82) is 0 Å². The third-order valence-corrected chi connectivity index (χ3v) is 2.99. The van der Waals surface area contributed by atoms with Crippen LogP contribution in [0.5, 0.6) is 0 Å². The molecule has 0 spiro atoms. The molecule has 1 atom stereocenters. The van der Waals surface area contributed by atoms with Gasteiger partial charge in [-0.25, -0.2) is 0 Å². The first-order chi connectivity index (χ1) is 8.69. The summed E-state index contributed by atoms with van der Waals surface area (Å²) in [6.45, 7) is 4.06. The largest absolute Gasteiger partial charge is 0.465 e. The highest BCUT2D eigenvalue weighted by atomic mass is 16.5. The molecule has 0 aromatic heterocycles. The van der Waals surface area contributed by atoms with Crippen LogP contribution in [-0.4, -0.2) is 55.6 Å². The minimum absolute atomic E-state index is 0.0864. The molecule has 3 N–H and O–H groups in total. The van der Waals surface area contributed by atoms with E-state index in [1.54, 1.807) is 6.92 Å². The van der Waals surface area contributed by atoms with Gasteiger partial charge in [0.25, 0.3) is 0 Å². The van der Waals surface area contributed by atoms with Gasteiger partial charge in [-0.3, -0.25) is 14.5 Å². The lowest BCUT2D eigenvalue weighted by Gasteiger charge is -2.33. The molecular weight excluding hydrogens is 234 g/mol. The van der Waals surface area contributed by atoms with Gasteiger partial charge in [0.1, 0.15) is 6.04 Å². The van der Waals surface area contributed by atoms with E-state index in [9.17, 15) is 9.59 Å². The van der Waals surface area contributed by atoms with Crippen molar-refractivity contribution in [3.05, 3.63) is 0 Å². The van der Waals surface area contributed by atoms with Crippen LogP contribution < -0.4 is 11.1 Å². The SMILES string of the molecule is CCOC(=O)C1CCCCN1CC(=O)NCCN. The minimum atomic E-state index is -0.276. The van der Waals surface area contributed by atoms with Crippen LogP contribution in [0.25, 0.3) is 0 Å². The molecule has 1 fully saturated rings. The lowest BCUT2D eigenvalue weighted by molar-refractivity contribution is -0.151. The number of likely N-dealkylation sites (tertiary alicyclic amines) is 1. The predicted molar refractivity (Wildman–Crippen MR) is 67.9 cm³/mol. The molecule has 1 amide bonds. The van der Waals surface area contributed by atoms with Gasteiger partial charge in [-0.2, -0.15) is 0 Å². The maximum absolute atomic E-state index is 11.8. The molecule has 0 saturated carbocycles. The van der Waals surface area contributed by atoms with Gasteiger partial charge in [-0.15, -0.1) is 0 Å². The van der Waals surface area contributed by atoms with Crippen molar-refractivity contribution in [3.63, 3.8) is 0 Å². The van der Waals surface area contributed by atoms with E-state index in [0.29, 0.717) is 19.7 Å². The fourth-order valence-corrected chi connectivity index (χ4v) is 2.14. The van der Waals surface area contributed by atoms with Crippen LogP contribution in [0.1, 0.15) is 26.2 Å². The molecule has 1 aliphatic rings. The van der Waals surface area contributed by atoms with Gasteiger partial charge in [-0.1, -0.05) is 6.42 Å². The number of nitrogens with one attached hydrogen (secondary N) is 1. The lowest BCUT2D eigenvalue weighted by Crippen LogP contribution is -2.50. The van der Waals surface area contributed by atoms with E-state index in [-0.39, 0.29) is 24.5 Å². The van der Waals surface area contributed by atoms with E-state index in [1.807, 2.05) is 4.90 Å². The molecule has 1 rings (SSSR count). The van der Waals surface area contributed by atoms with Gasteiger partial charge in [0.15, 0.2) is 0 Å². The monoisotopic (exact) mass is 257 g/mol. The Morgan fingerprint density at radius 1 is 1.44 bits per heavy atom. The van der Waals surface area contributed by atoms with E-state index in [0.717, 1.165) is 25.8 Å². The van der Waals surface area contributed by atoms with Crippen molar-refractivity contribution in [2.45, 2.75) is 32.2 Å². The fourth-order valence-electron chi connectivity index (χ4n) is 2.14. The first kappa shape index (κ1) is 14.9. The zero-order chi connectivity index (χ0) is 13.4. The maximum Gasteiger partial charge on any atom is 0.323 e. The molecule has 6 nitrogen and oxygen atoms in total.